The first-order chi connectivity index (χ1) is 9.54. The molecule has 7 heteroatoms. The Hall–Kier alpha value is -2.83. The Kier molecular flexibility index (Phi) is 2.67. The van der Waals surface area contributed by atoms with E-state index in [2.05, 4.69) is 19.9 Å². The Morgan fingerprint density at radius 1 is 1.30 bits per heavy atom. The van der Waals surface area contributed by atoms with E-state index in [9.17, 15) is 9.18 Å². The summed E-state index contributed by atoms with van der Waals surface area (Å²) in [6.45, 7) is 1.81. The molecule has 0 amide bonds. The highest BCUT2D eigenvalue weighted by Crippen LogP contribution is 2.21. The molecule has 0 fully saturated rings. The summed E-state index contributed by atoms with van der Waals surface area (Å²) in [5, 5.41) is 8.88. The predicted octanol–water partition coefficient (Wildman–Crippen LogP) is 2.17. The van der Waals surface area contributed by atoms with Crippen molar-refractivity contribution < 1.29 is 14.3 Å². The zero-order valence-electron chi connectivity index (χ0n) is 10.4. The van der Waals surface area contributed by atoms with Crippen LogP contribution in [0.2, 0.25) is 0 Å². The fourth-order valence-corrected chi connectivity index (χ4v) is 1.83. The minimum absolute atomic E-state index is 0.362. The molecule has 3 rings (SSSR count). The maximum absolute atomic E-state index is 13.6. The van der Waals surface area contributed by atoms with E-state index in [1.807, 2.05) is 6.92 Å². The predicted molar refractivity (Wildman–Crippen MR) is 68.8 cm³/mol. The Bertz CT molecular complexity index is 811. The average Bonchev–Trinajstić information content (AvgIpc) is 2.81. The summed E-state index contributed by atoms with van der Waals surface area (Å²) in [6.07, 6.45) is 3.13. The van der Waals surface area contributed by atoms with E-state index in [-0.39, 0.29) is 0 Å². The topological polar surface area (TPSA) is 91.8 Å². The van der Waals surface area contributed by atoms with Gasteiger partial charge in [-0.1, -0.05) is 0 Å². The van der Waals surface area contributed by atoms with E-state index in [4.69, 9.17) is 5.11 Å². The number of aromatic carboxylic acids is 1. The maximum Gasteiger partial charge on any atom is 0.338 e. The van der Waals surface area contributed by atoms with Gasteiger partial charge in [0.2, 0.25) is 0 Å². The highest BCUT2D eigenvalue weighted by atomic mass is 19.1. The van der Waals surface area contributed by atoms with Gasteiger partial charge in [0.05, 0.1) is 28.5 Å². The lowest BCUT2D eigenvalue weighted by Gasteiger charge is -1.95. The van der Waals surface area contributed by atoms with Gasteiger partial charge in [-0.3, -0.25) is 4.98 Å². The van der Waals surface area contributed by atoms with Crippen LogP contribution in [-0.2, 0) is 0 Å². The minimum atomic E-state index is -1.33. The van der Waals surface area contributed by atoms with Crippen LogP contribution in [0.4, 0.5) is 4.39 Å². The summed E-state index contributed by atoms with van der Waals surface area (Å²) < 4.78 is 13.6. The maximum atomic E-state index is 13.6. The van der Waals surface area contributed by atoms with Crippen molar-refractivity contribution >= 4 is 17.0 Å². The number of carboxylic acid groups (broad SMARTS) is 1. The number of benzene rings is 1. The van der Waals surface area contributed by atoms with Gasteiger partial charge in [0.15, 0.2) is 5.82 Å². The number of nitrogens with zero attached hydrogens (tertiary/aromatic N) is 3. The van der Waals surface area contributed by atoms with Crippen molar-refractivity contribution in [1.82, 2.24) is 19.9 Å². The number of carbonyl (C=O) groups is 1. The fourth-order valence-electron chi connectivity index (χ4n) is 1.83. The molecule has 3 aromatic rings. The normalized spacial score (nSPS) is 10.9. The number of imidazole rings is 1. The van der Waals surface area contributed by atoms with Crippen LogP contribution in [0.5, 0.6) is 0 Å². The molecule has 1 aromatic carbocycles. The van der Waals surface area contributed by atoms with Gasteiger partial charge < -0.3 is 10.1 Å². The number of fused-ring (bicyclic) bond motifs is 1. The molecule has 100 valence electrons. The Balaban J connectivity index is 2.15. The monoisotopic (exact) mass is 272 g/mol. The molecular weight excluding hydrogens is 263 g/mol. The van der Waals surface area contributed by atoms with Gasteiger partial charge >= 0.3 is 5.97 Å². The molecule has 2 heterocycles. The van der Waals surface area contributed by atoms with E-state index in [0.717, 1.165) is 11.8 Å². The van der Waals surface area contributed by atoms with Crippen LogP contribution in [0, 0.1) is 12.7 Å². The van der Waals surface area contributed by atoms with Crippen LogP contribution in [-0.4, -0.2) is 31.0 Å². The standard InChI is InChI=1S/C13H9FN4O2/c1-6-4-16-11(5-15-6)12-17-9-2-7(13(19)20)8(14)3-10(9)18-12/h2-5H,1H3,(H,17,18)(H,19,20). The summed E-state index contributed by atoms with van der Waals surface area (Å²) in [5.74, 6) is -1.73. The number of nitrogens with one attached hydrogen (secondary N) is 1. The van der Waals surface area contributed by atoms with Gasteiger partial charge in [-0.05, 0) is 13.0 Å². The molecule has 0 spiro atoms. The number of halogens is 1. The Labute approximate surface area is 112 Å². The molecular formula is C13H9FN4O2. The quantitative estimate of drug-likeness (QED) is 0.745. The van der Waals surface area contributed by atoms with Crippen LogP contribution in [0.1, 0.15) is 16.1 Å². The number of aryl methyl sites for hydroxylation is 1. The molecule has 20 heavy (non-hydrogen) atoms. The second-order valence-electron chi connectivity index (χ2n) is 4.28. The van der Waals surface area contributed by atoms with Crippen LogP contribution in [0.3, 0.4) is 0 Å². The third kappa shape index (κ3) is 1.99. The summed E-state index contributed by atoms with van der Waals surface area (Å²) in [5.41, 5.74) is 1.63. The number of hydrogen-bond acceptors (Lipinski definition) is 4. The van der Waals surface area contributed by atoms with Crippen molar-refractivity contribution in [2.75, 3.05) is 0 Å². The first-order valence-corrected chi connectivity index (χ1v) is 5.76. The number of hydrogen-bond donors (Lipinski definition) is 2. The summed E-state index contributed by atoms with van der Waals surface area (Å²) >= 11 is 0. The van der Waals surface area contributed by atoms with Crippen molar-refractivity contribution in [2.24, 2.45) is 0 Å². The molecule has 2 aromatic heterocycles. The summed E-state index contributed by atoms with van der Waals surface area (Å²) in [4.78, 5) is 26.2. The van der Waals surface area contributed by atoms with E-state index >= 15 is 0 Å². The molecule has 0 atom stereocenters. The van der Waals surface area contributed by atoms with Gasteiger partial charge in [0.25, 0.3) is 0 Å². The second-order valence-corrected chi connectivity index (χ2v) is 4.28. The molecule has 0 aliphatic heterocycles. The van der Waals surface area contributed by atoms with Crippen LogP contribution in [0.15, 0.2) is 24.5 Å². The zero-order chi connectivity index (χ0) is 14.3. The molecule has 0 saturated heterocycles. The van der Waals surface area contributed by atoms with E-state index in [1.165, 1.54) is 6.07 Å². The van der Waals surface area contributed by atoms with Crippen LogP contribution < -0.4 is 0 Å². The molecule has 0 radical (unpaired) electrons. The molecule has 6 nitrogen and oxygen atoms in total. The van der Waals surface area contributed by atoms with Crippen LogP contribution >= 0.6 is 0 Å². The third-order valence-corrected chi connectivity index (χ3v) is 2.82. The molecule has 2 N–H and O–H groups in total. The number of aromatic amines is 1. The largest absolute Gasteiger partial charge is 0.478 e. The van der Waals surface area contributed by atoms with Crippen molar-refractivity contribution in [2.45, 2.75) is 6.92 Å². The number of aromatic nitrogens is 4. The lowest BCUT2D eigenvalue weighted by molar-refractivity contribution is 0.0692. The third-order valence-electron chi connectivity index (χ3n) is 2.82. The van der Waals surface area contributed by atoms with Crippen molar-refractivity contribution in [3.05, 3.63) is 41.6 Å². The van der Waals surface area contributed by atoms with Gasteiger partial charge in [-0.15, -0.1) is 0 Å². The fraction of sp³-hybridized carbons (Fsp3) is 0.0769. The molecule has 0 unspecified atom stereocenters. The van der Waals surface area contributed by atoms with Crippen molar-refractivity contribution in [3.8, 4) is 11.5 Å². The average molecular weight is 272 g/mol. The minimum Gasteiger partial charge on any atom is -0.478 e. The SMILES string of the molecule is Cc1cnc(-c2nc3cc(C(=O)O)c(F)cc3[nH]2)cn1. The second kappa shape index (κ2) is 4.37. The first kappa shape index (κ1) is 12.2. The molecule has 0 aliphatic rings. The van der Waals surface area contributed by atoms with Crippen molar-refractivity contribution in [3.63, 3.8) is 0 Å². The van der Waals surface area contributed by atoms with Crippen LogP contribution in [0.25, 0.3) is 22.6 Å². The smallest absolute Gasteiger partial charge is 0.338 e. The number of rotatable bonds is 2. The lowest BCUT2D eigenvalue weighted by Crippen LogP contribution is -1.99. The highest BCUT2D eigenvalue weighted by Gasteiger charge is 2.15. The van der Waals surface area contributed by atoms with E-state index < -0.39 is 17.3 Å². The zero-order valence-corrected chi connectivity index (χ0v) is 10.4. The summed E-state index contributed by atoms with van der Waals surface area (Å²) in [6, 6.07) is 2.30. The molecule has 0 aliphatic carbocycles. The van der Waals surface area contributed by atoms with E-state index in [0.29, 0.717) is 22.6 Å². The van der Waals surface area contributed by atoms with Gasteiger partial charge in [-0.2, -0.15) is 0 Å². The summed E-state index contributed by atoms with van der Waals surface area (Å²) in [7, 11) is 0. The van der Waals surface area contributed by atoms with Gasteiger partial charge in [0, 0.05) is 12.3 Å². The molecule has 0 saturated carbocycles. The van der Waals surface area contributed by atoms with Gasteiger partial charge in [0.1, 0.15) is 11.5 Å². The number of carboxylic acids is 1. The Morgan fingerprint density at radius 2 is 2.10 bits per heavy atom. The Morgan fingerprint density at radius 3 is 2.75 bits per heavy atom. The first-order valence-electron chi connectivity index (χ1n) is 5.76. The molecule has 0 bridgehead atoms. The van der Waals surface area contributed by atoms with Gasteiger partial charge in [-0.25, -0.2) is 19.2 Å². The lowest BCUT2D eigenvalue weighted by atomic mass is 10.2. The van der Waals surface area contributed by atoms with Crippen molar-refractivity contribution in [1.29, 1.82) is 0 Å². The van der Waals surface area contributed by atoms with E-state index in [1.54, 1.807) is 12.4 Å². The highest BCUT2D eigenvalue weighted by molar-refractivity contribution is 5.93. The number of H-pyrrole nitrogens is 1.